The van der Waals surface area contributed by atoms with Crippen molar-refractivity contribution in [3.63, 3.8) is 0 Å². The molecule has 0 unspecified atom stereocenters. The number of carbonyl (C=O) groups excluding carboxylic acids is 1. The lowest BCUT2D eigenvalue weighted by Gasteiger charge is -2.14. The molecule has 0 saturated carbocycles. The van der Waals surface area contributed by atoms with Crippen LogP contribution >= 0.6 is 0 Å². The maximum atomic E-state index is 12.2. The number of benzene rings is 3. The van der Waals surface area contributed by atoms with E-state index < -0.39 is 17.6 Å². The second-order valence-electron chi connectivity index (χ2n) is 7.41. The fraction of sp³-hybridized carbons (Fsp3) is 0.160. The zero-order chi connectivity index (χ0) is 22.5. The van der Waals surface area contributed by atoms with Gasteiger partial charge in [0.1, 0.15) is 6.61 Å². The largest absolute Gasteiger partial charge is 0.449 e. The lowest BCUT2D eigenvalue weighted by Crippen LogP contribution is -2.26. The second-order valence-corrected chi connectivity index (χ2v) is 7.41. The number of nitrogens with zero attached hydrogens (tertiary/aromatic N) is 1. The van der Waals surface area contributed by atoms with Gasteiger partial charge in [-0.2, -0.15) is 0 Å². The van der Waals surface area contributed by atoms with Crippen LogP contribution in [-0.2, 0) is 11.3 Å². The first-order chi connectivity index (χ1) is 15.6. The molecule has 0 bridgehead atoms. The van der Waals surface area contributed by atoms with Crippen molar-refractivity contribution in [3.05, 3.63) is 105 Å². The molecule has 2 N–H and O–H groups in total. The number of aliphatic hydroxyl groups is 1. The molecule has 162 valence electrons. The smallest absolute Gasteiger partial charge is 0.407 e. The van der Waals surface area contributed by atoms with E-state index in [1.165, 1.54) is 17.2 Å². The summed E-state index contributed by atoms with van der Waals surface area (Å²) >= 11 is 0. The highest BCUT2D eigenvalue weighted by Gasteiger charge is 2.28. The van der Waals surface area contributed by atoms with Crippen LogP contribution in [0.5, 0.6) is 0 Å². The van der Waals surface area contributed by atoms with Gasteiger partial charge in [0, 0.05) is 18.5 Å². The van der Waals surface area contributed by atoms with Crippen molar-refractivity contribution in [1.82, 2.24) is 5.32 Å². The number of carbonyl (C=O) groups is 1. The molecule has 0 radical (unpaired) electrons. The summed E-state index contributed by atoms with van der Waals surface area (Å²) in [6, 6.07) is 20.8. The molecule has 32 heavy (non-hydrogen) atoms. The van der Waals surface area contributed by atoms with Crippen LogP contribution in [0.1, 0.15) is 28.2 Å². The number of hydrogen-bond donors (Lipinski definition) is 2. The van der Waals surface area contributed by atoms with E-state index in [-0.39, 0.29) is 30.3 Å². The van der Waals surface area contributed by atoms with Crippen molar-refractivity contribution in [2.45, 2.75) is 12.5 Å². The molecule has 3 aromatic rings. The first-order valence-electron chi connectivity index (χ1n) is 10.2. The number of nitro groups is 1. The molecule has 3 aromatic carbocycles. The number of alkyl carbamates (subject to hydrolysis) is 1. The molecule has 0 heterocycles. The standard InChI is InChI=1S/C25H22N2O5/c28-15-18-14-17(11-12-24(18)27(30)31)6-5-13-26-25(29)32-16-23-21-9-3-1-7-19(21)20-8-2-4-10-22(20)23/h1-12,14,23,28H,13,15-16H2,(H,26,29). The summed E-state index contributed by atoms with van der Waals surface area (Å²) in [5, 5.41) is 22.9. The fourth-order valence-electron chi connectivity index (χ4n) is 4.00. The zero-order valence-electron chi connectivity index (χ0n) is 17.2. The lowest BCUT2D eigenvalue weighted by molar-refractivity contribution is -0.385. The second kappa shape index (κ2) is 9.45. The van der Waals surface area contributed by atoms with Gasteiger partial charge in [0.25, 0.3) is 5.69 Å². The van der Waals surface area contributed by atoms with Gasteiger partial charge >= 0.3 is 6.09 Å². The summed E-state index contributed by atoms with van der Waals surface area (Å²) in [5.41, 5.74) is 5.45. The summed E-state index contributed by atoms with van der Waals surface area (Å²) in [4.78, 5) is 22.6. The van der Waals surface area contributed by atoms with Gasteiger partial charge < -0.3 is 15.2 Å². The van der Waals surface area contributed by atoms with Gasteiger partial charge in [-0.05, 0) is 39.9 Å². The van der Waals surface area contributed by atoms with Gasteiger partial charge in [-0.25, -0.2) is 4.79 Å². The van der Waals surface area contributed by atoms with E-state index in [4.69, 9.17) is 4.74 Å². The van der Waals surface area contributed by atoms with E-state index in [1.807, 2.05) is 24.3 Å². The molecule has 0 spiro atoms. The predicted molar refractivity (Wildman–Crippen MR) is 121 cm³/mol. The van der Waals surface area contributed by atoms with Gasteiger partial charge in [-0.15, -0.1) is 0 Å². The molecule has 0 aromatic heterocycles. The van der Waals surface area contributed by atoms with E-state index in [1.54, 1.807) is 24.3 Å². The first kappa shape index (κ1) is 21.3. The first-order valence-corrected chi connectivity index (χ1v) is 10.2. The number of rotatable bonds is 7. The van der Waals surface area contributed by atoms with Gasteiger partial charge in [-0.1, -0.05) is 60.7 Å². The Morgan fingerprint density at radius 1 is 1.06 bits per heavy atom. The molecular formula is C25H22N2O5. The fourth-order valence-corrected chi connectivity index (χ4v) is 4.00. The molecule has 7 heteroatoms. The third-order valence-electron chi connectivity index (χ3n) is 5.49. The Balaban J connectivity index is 1.32. The van der Waals surface area contributed by atoms with E-state index in [0.29, 0.717) is 5.56 Å². The summed E-state index contributed by atoms with van der Waals surface area (Å²) in [7, 11) is 0. The molecular weight excluding hydrogens is 408 g/mol. The van der Waals surface area contributed by atoms with Crippen molar-refractivity contribution in [3.8, 4) is 11.1 Å². The summed E-state index contributed by atoms with van der Waals surface area (Å²) < 4.78 is 5.48. The minimum absolute atomic E-state index is 0.000652. The third kappa shape index (κ3) is 4.38. The van der Waals surface area contributed by atoms with Crippen LogP contribution in [0.3, 0.4) is 0 Å². The SMILES string of the molecule is O=C(NCC=Cc1ccc([N+](=O)[O-])c(CO)c1)OCC1c2ccccc2-c2ccccc21. The van der Waals surface area contributed by atoms with E-state index in [2.05, 4.69) is 29.6 Å². The molecule has 0 atom stereocenters. The van der Waals surface area contributed by atoms with Crippen LogP contribution < -0.4 is 5.32 Å². The minimum atomic E-state index is -0.530. The van der Waals surface area contributed by atoms with Crippen LogP contribution in [0.4, 0.5) is 10.5 Å². The van der Waals surface area contributed by atoms with E-state index in [0.717, 1.165) is 11.1 Å². The van der Waals surface area contributed by atoms with Crippen molar-refractivity contribution in [1.29, 1.82) is 0 Å². The molecule has 0 aliphatic heterocycles. The van der Waals surface area contributed by atoms with Crippen molar-refractivity contribution in [2.75, 3.05) is 13.2 Å². The van der Waals surface area contributed by atoms with E-state index >= 15 is 0 Å². The molecule has 1 aliphatic rings. The zero-order valence-corrected chi connectivity index (χ0v) is 17.2. The normalized spacial score (nSPS) is 12.4. The van der Waals surface area contributed by atoms with Crippen LogP contribution in [-0.4, -0.2) is 29.3 Å². The number of fused-ring (bicyclic) bond motifs is 3. The quantitative estimate of drug-likeness (QED) is 0.420. The topological polar surface area (TPSA) is 102 Å². The van der Waals surface area contributed by atoms with Crippen LogP contribution in [0.25, 0.3) is 17.2 Å². The Hall–Kier alpha value is -3.97. The third-order valence-corrected chi connectivity index (χ3v) is 5.49. The number of nitro benzene ring substituents is 1. The summed E-state index contributed by atoms with van der Waals surface area (Å²) in [6.45, 7) is 0.0594. The number of nitrogens with one attached hydrogen (secondary N) is 1. The summed E-state index contributed by atoms with van der Waals surface area (Å²) in [6.07, 6.45) is 2.91. The van der Waals surface area contributed by atoms with Gasteiger partial charge in [-0.3, -0.25) is 10.1 Å². The Morgan fingerprint density at radius 2 is 1.72 bits per heavy atom. The molecule has 7 nitrogen and oxygen atoms in total. The predicted octanol–water partition coefficient (Wildman–Crippen LogP) is 4.64. The van der Waals surface area contributed by atoms with Crippen LogP contribution in [0.15, 0.2) is 72.8 Å². The van der Waals surface area contributed by atoms with E-state index in [9.17, 15) is 20.0 Å². The lowest BCUT2D eigenvalue weighted by atomic mass is 9.98. The average Bonchev–Trinajstić information content (AvgIpc) is 3.14. The maximum absolute atomic E-state index is 12.2. The Kier molecular flexibility index (Phi) is 6.28. The van der Waals surface area contributed by atoms with Crippen molar-refractivity contribution >= 4 is 17.9 Å². The number of ether oxygens (including phenoxy) is 1. The maximum Gasteiger partial charge on any atom is 0.407 e. The number of amides is 1. The molecule has 1 aliphatic carbocycles. The molecule has 0 saturated heterocycles. The van der Waals surface area contributed by atoms with Gasteiger partial charge in [0.05, 0.1) is 17.1 Å². The van der Waals surface area contributed by atoms with Crippen LogP contribution in [0.2, 0.25) is 0 Å². The summed E-state index contributed by atoms with van der Waals surface area (Å²) in [5.74, 6) is 0.000652. The highest BCUT2D eigenvalue weighted by molar-refractivity contribution is 5.79. The van der Waals surface area contributed by atoms with Gasteiger partial charge in [0.2, 0.25) is 0 Å². The van der Waals surface area contributed by atoms with Crippen molar-refractivity contribution in [2.24, 2.45) is 0 Å². The van der Waals surface area contributed by atoms with Crippen molar-refractivity contribution < 1.29 is 19.6 Å². The Morgan fingerprint density at radius 3 is 2.34 bits per heavy atom. The molecule has 0 fully saturated rings. The van der Waals surface area contributed by atoms with Gasteiger partial charge in [0.15, 0.2) is 0 Å². The molecule has 1 amide bonds. The average molecular weight is 430 g/mol. The molecule has 4 rings (SSSR count). The Bertz CT molecular complexity index is 1140. The minimum Gasteiger partial charge on any atom is -0.449 e. The monoisotopic (exact) mass is 430 g/mol. The number of hydrogen-bond acceptors (Lipinski definition) is 5. The number of aliphatic hydroxyl groups excluding tert-OH is 1. The van der Waals surface area contributed by atoms with Crippen LogP contribution in [0, 0.1) is 10.1 Å². The highest BCUT2D eigenvalue weighted by atomic mass is 16.6. The highest BCUT2D eigenvalue weighted by Crippen LogP contribution is 2.44. The Labute approximate surface area is 185 Å².